The lowest BCUT2D eigenvalue weighted by molar-refractivity contribution is -0.140. The highest BCUT2D eigenvalue weighted by Gasteiger charge is 2.44. The molecule has 0 spiro atoms. The molecule has 5 amide bonds. The Labute approximate surface area is 102 Å². The first-order valence-corrected chi connectivity index (χ1v) is 5.05. The Kier molecular flexibility index (Phi) is 2.80. The van der Waals surface area contributed by atoms with E-state index in [9.17, 15) is 19.2 Å². The van der Waals surface area contributed by atoms with Crippen LogP contribution in [0.25, 0.3) is 0 Å². The molecule has 0 aliphatic carbocycles. The van der Waals surface area contributed by atoms with Gasteiger partial charge in [-0.05, 0) is 12.1 Å². The molecular weight excluding hydrogens is 238 g/mol. The summed E-state index contributed by atoms with van der Waals surface area (Å²) in [5, 5.41) is 1.92. The van der Waals surface area contributed by atoms with Crippen LogP contribution in [-0.4, -0.2) is 23.8 Å². The van der Waals surface area contributed by atoms with E-state index in [4.69, 9.17) is 5.73 Å². The highest BCUT2D eigenvalue weighted by molar-refractivity contribution is 6.34. The molecule has 0 unspecified atom stereocenters. The quantitative estimate of drug-likeness (QED) is 0.678. The van der Waals surface area contributed by atoms with Crippen LogP contribution >= 0.6 is 0 Å². The van der Waals surface area contributed by atoms with E-state index in [0.717, 1.165) is 4.90 Å². The topological polar surface area (TPSA) is 110 Å². The molecule has 1 aromatic rings. The second-order valence-electron chi connectivity index (χ2n) is 3.64. The van der Waals surface area contributed by atoms with E-state index in [-0.39, 0.29) is 5.69 Å². The number of carbonyl (C=O) groups is 4. The van der Waals surface area contributed by atoms with Crippen LogP contribution < -0.4 is 16.0 Å². The van der Waals surface area contributed by atoms with Gasteiger partial charge < -0.3 is 5.73 Å². The molecule has 92 valence electrons. The fourth-order valence-electron chi connectivity index (χ4n) is 1.65. The minimum absolute atomic E-state index is 0.263. The fourth-order valence-corrected chi connectivity index (χ4v) is 1.65. The Bertz CT molecular complexity index is 540. The molecule has 1 heterocycles. The number of urea groups is 1. The number of nitrogens with one attached hydrogen (secondary N) is 1. The largest absolute Gasteiger partial charge is 0.369 e. The number of nitrogens with two attached hydrogens (primary N) is 1. The normalized spacial score (nSPS) is 19.7. The maximum absolute atomic E-state index is 11.9. The van der Waals surface area contributed by atoms with E-state index in [1.807, 2.05) is 5.32 Å². The van der Waals surface area contributed by atoms with E-state index >= 15 is 0 Å². The summed E-state index contributed by atoms with van der Waals surface area (Å²) in [6.45, 7) is 0. The zero-order valence-corrected chi connectivity index (χ0v) is 9.12. The van der Waals surface area contributed by atoms with Crippen LogP contribution in [0.5, 0.6) is 0 Å². The van der Waals surface area contributed by atoms with Crippen molar-refractivity contribution in [1.82, 2.24) is 5.32 Å². The van der Waals surface area contributed by atoms with Crippen LogP contribution in [0, 0.1) is 5.92 Å². The van der Waals surface area contributed by atoms with Gasteiger partial charge in [0, 0.05) is 0 Å². The third kappa shape index (κ3) is 1.81. The van der Waals surface area contributed by atoms with Gasteiger partial charge >= 0.3 is 6.03 Å². The summed E-state index contributed by atoms with van der Waals surface area (Å²) >= 11 is 0. The van der Waals surface area contributed by atoms with Gasteiger partial charge in [0.05, 0.1) is 5.69 Å². The van der Waals surface area contributed by atoms with Crippen LogP contribution in [0.3, 0.4) is 0 Å². The van der Waals surface area contributed by atoms with Gasteiger partial charge in [-0.25, -0.2) is 9.69 Å². The average Bonchev–Trinajstić information content (AvgIpc) is 2.28. The number of carbonyl (C=O) groups excluding carboxylic acids is 4. The lowest BCUT2D eigenvalue weighted by Crippen LogP contribution is -2.61. The minimum Gasteiger partial charge on any atom is -0.369 e. The van der Waals surface area contributed by atoms with E-state index in [2.05, 4.69) is 0 Å². The predicted octanol–water partition coefficient (Wildman–Crippen LogP) is -0.629. The zero-order chi connectivity index (χ0) is 13.3. The molecule has 0 aromatic heterocycles. The van der Waals surface area contributed by atoms with Crippen molar-refractivity contribution in [2.75, 3.05) is 4.90 Å². The highest BCUT2D eigenvalue weighted by Crippen LogP contribution is 2.19. The lowest BCUT2D eigenvalue weighted by atomic mass is 10.0. The molecule has 1 fully saturated rings. The second-order valence-corrected chi connectivity index (χ2v) is 3.64. The number of hydrogen-bond donors (Lipinski definition) is 2. The van der Waals surface area contributed by atoms with Crippen LogP contribution in [0.15, 0.2) is 30.3 Å². The number of amides is 5. The number of hydrogen-bond acceptors (Lipinski definition) is 4. The maximum Gasteiger partial charge on any atom is 0.335 e. The SMILES string of the molecule is NC(=O)[C@H]1C(=O)NC(=O)N(c2ccccc2)C1=O. The molecule has 1 atom stereocenters. The number of anilines is 1. The van der Waals surface area contributed by atoms with Crippen molar-refractivity contribution < 1.29 is 19.2 Å². The van der Waals surface area contributed by atoms with Crippen molar-refractivity contribution in [3.05, 3.63) is 30.3 Å². The first kappa shape index (κ1) is 11.8. The number of rotatable bonds is 2. The summed E-state index contributed by atoms with van der Waals surface area (Å²) in [7, 11) is 0. The van der Waals surface area contributed by atoms with Gasteiger partial charge in [-0.2, -0.15) is 0 Å². The molecule has 2 rings (SSSR count). The van der Waals surface area contributed by atoms with Gasteiger partial charge in [0.25, 0.3) is 5.91 Å². The Balaban J connectivity index is 2.42. The molecule has 7 heteroatoms. The summed E-state index contributed by atoms with van der Waals surface area (Å²) in [6.07, 6.45) is 0. The van der Waals surface area contributed by atoms with E-state index in [0.29, 0.717) is 0 Å². The zero-order valence-electron chi connectivity index (χ0n) is 9.12. The average molecular weight is 247 g/mol. The molecule has 0 bridgehead atoms. The monoisotopic (exact) mass is 247 g/mol. The Morgan fingerprint density at radius 1 is 1.17 bits per heavy atom. The summed E-state index contributed by atoms with van der Waals surface area (Å²) in [6, 6.07) is 7.05. The fraction of sp³-hybridized carbons (Fsp3) is 0.0909. The molecule has 7 nitrogen and oxygen atoms in total. The van der Waals surface area contributed by atoms with Gasteiger partial charge in [0.15, 0.2) is 5.92 Å². The van der Waals surface area contributed by atoms with Crippen molar-refractivity contribution >= 4 is 29.4 Å². The first-order valence-electron chi connectivity index (χ1n) is 5.05. The number of imide groups is 2. The van der Waals surface area contributed by atoms with Crippen molar-refractivity contribution in [1.29, 1.82) is 0 Å². The highest BCUT2D eigenvalue weighted by atomic mass is 16.2. The third-order valence-electron chi connectivity index (χ3n) is 2.46. The Morgan fingerprint density at radius 3 is 2.33 bits per heavy atom. The van der Waals surface area contributed by atoms with Crippen LogP contribution in [0.4, 0.5) is 10.5 Å². The Morgan fingerprint density at radius 2 is 1.78 bits per heavy atom. The van der Waals surface area contributed by atoms with Crippen molar-refractivity contribution in [3.63, 3.8) is 0 Å². The van der Waals surface area contributed by atoms with Gasteiger partial charge in [-0.1, -0.05) is 18.2 Å². The Hall–Kier alpha value is -2.70. The number of para-hydroxylation sites is 1. The summed E-state index contributed by atoms with van der Waals surface area (Å²) < 4.78 is 0. The lowest BCUT2D eigenvalue weighted by Gasteiger charge is -2.28. The van der Waals surface area contributed by atoms with E-state index in [1.165, 1.54) is 12.1 Å². The second kappa shape index (κ2) is 4.28. The molecule has 1 aliphatic heterocycles. The number of benzene rings is 1. The summed E-state index contributed by atoms with van der Waals surface area (Å²) in [5.74, 6) is -4.71. The first-order chi connectivity index (χ1) is 8.52. The predicted molar refractivity (Wildman–Crippen MR) is 60.2 cm³/mol. The molecule has 0 radical (unpaired) electrons. The summed E-state index contributed by atoms with van der Waals surface area (Å²) in [4.78, 5) is 46.7. The van der Waals surface area contributed by atoms with Crippen molar-refractivity contribution in [3.8, 4) is 0 Å². The molecule has 1 aliphatic rings. The van der Waals surface area contributed by atoms with Crippen LogP contribution in [0.2, 0.25) is 0 Å². The smallest absolute Gasteiger partial charge is 0.335 e. The molecule has 18 heavy (non-hydrogen) atoms. The van der Waals surface area contributed by atoms with Crippen LogP contribution in [-0.2, 0) is 14.4 Å². The van der Waals surface area contributed by atoms with Gasteiger partial charge in [-0.3, -0.25) is 19.7 Å². The molecule has 1 aromatic carbocycles. The van der Waals surface area contributed by atoms with E-state index in [1.54, 1.807) is 18.2 Å². The maximum atomic E-state index is 11.9. The van der Waals surface area contributed by atoms with E-state index < -0.39 is 29.7 Å². The van der Waals surface area contributed by atoms with Crippen molar-refractivity contribution in [2.24, 2.45) is 11.7 Å². The molecule has 0 saturated carbocycles. The number of nitrogens with zero attached hydrogens (tertiary/aromatic N) is 1. The summed E-state index contributed by atoms with van der Waals surface area (Å²) in [5.41, 5.74) is 5.24. The number of primary amides is 1. The molecule has 3 N–H and O–H groups in total. The minimum atomic E-state index is -1.68. The third-order valence-corrected chi connectivity index (χ3v) is 2.46. The molecule has 1 saturated heterocycles. The van der Waals surface area contributed by atoms with Gasteiger partial charge in [-0.15, -0.1) is 0 Å². The van der Waals surface area contributed by atoms with Gasteiger partial charge in [0.1, 0.15) is 0 Å². The number of barbiturate groups is 1. The standard InChI is InChI=1S/C11H9N3O4/c12-8(15)7-9(16)13-11(18)14(10(7)17)6-4-2-1-3-5-6/h1-5,7H,(H2,12,15)(H,13,16,18)/t7-/m0/s1. The van der Waals surface area contributed by atoms with Crippen molar-refractivity contribution in [2.45, 2.75) is 0 Å². The van der Waals surface area contributed by atoms with Gasteiger partial charge in [0.2, 0.25) is 11.8 Å². The molecular formula is C11H9N3O4. The van der Waals surface area contributed by atoms with Crippen LogP contribution in [0.1, 0.15) is 0 Å².